The van der Waals surface area contributed by atoms with Gasteiger partial charge in [-0.3, -0.25) is 14.4 Å². The van der Waals surface area contributed by atoms with Crippen LogP contribution in [0.15, 0.2) is 30.3 Å². The van der Waals surface area contributed by atoms with Crippen LogP contribution in [0.4, 0.5) is 0 Å². The molecule has 3 amide bonds. The van der Waals surface area contributed by atoms with Gasteiger partial charge < -0.3 is 26.8 Å². The molecular formula is C20H30N4O5. The zero-order chi connectivity index (χ0) is 22.0. The average Bonchev–Trinajstić information content (AvgIpc) is 2.70. The van der Waals surface area contributed by atoms with Crippen LogP contribution in [0.2, 0.25) is 0 Å². The molecule has 0 aliphatic carbocycles. The van der Waals surface area contributed by atoms with E-state index in [9.17, 15) is 24.3 Å². The van der Waals surface area contributed by atoms with Crippen molar-refractivity contribution in [1.29, 1.82) is 0 Å². The number of benzene rings is 1. The molecule has 1 aromatic carbocycles. The number of rotatable bonds is 11. The Bertz CT molecular complexity index is 710. The number of carbonyl (C=O) groups excluding carboxylic acids is 3. The number of hydrogen-bond acceptors (Lipinski definition) is 5. The SMILES string of the molecule is CCC(C)C(NC(=O)C(C)NC(=O)C(Cc1ccccc1)NC(=O)CN)C(=O)O. The van der Waals surface area contributed by atoms with Crippen molar-refractivity contribution in [3.63, 3.8) is 0 Å². The van der Waals surface area contributed by atoms with Gasteiger partial charge in [-0.05, 0) is 18.4 Å². The molecule has 6 N–H and O–H groups in total. The molecule has 29 heavy (non-hydrogen) atoms. The monoisotopic (exact) mass is 406 g/mol. The molecule has 0 aromatic heterocycles. The van der Waals surface area contributed by atoms with Crippen LogP contribution in [0.25, 0.3) is 0 Å². The lowest BCUT2D eigenvalue weighted by atomic mass is 9.99. The molecule has 0 saturated carbocycles. The van der Waals surface area contributed by atoms with E-state index in [-0.39, 0.29) is 18.9 Å². The highest BCUT2D eigenvalue weighted by molar-refractivity contribution is 5.93. The molecule has 1 rings (SSSR count). The van der Waals surface area contributed by atoms with E-state index in [4.69, 9.17) is 5.73 Å². The molecule has 1 aromatic rings. The lowest BCUT2D eigenvalue weighted by Gasteiger charge is -2.24. The van der Waals surface area contributed by atoms with Gasteiger partial charge in [0.25, 0.3) is 0 Å². The van der Waals surface area contributed by atoms with Crippen molar-refractivity contribution in [2.24, 2.45) is 11.7 Å². The summed E-state index contributed by atoms with van der Waals surface area (Å²) in [5.41, 5.74) is 6.15. The highest BCUT2D eigenvalue weighted by Crippen LogP contribution is 2.08. The van der Waals surface area contributed by atoms with E-state index in [2.05, 4.69) is 16.0 Å². The molecule has 4 unspecified atom stereocenters. The smallest absolute Gasteiger partial charge is 0.326 e. The molecular weight excluding hydrogens is 376 g/mol. The highest BCUT2D eigenvalue weighted by Gasteiger charge is 2.29. The third-order valence-corrected chi connectivity index (χ3v) is 4.65. The molecule has 9 nitrogen and oxygen atoms in total. The fourth-order valence-corrected chi connectivity index (χ4v) is 2.65. The van der Waals surface area contributed by atoms with Gasteiger partial charge >= 0.3 is 5.97 Å². The lowest BCUT2D eigenvalue weighted by Crippen LogP contribution is -2.56. The summed E-state index contributed by atoms with van der Waals surface area (Å²) in [5, 5.41) is 16.8. The minimum Gasteiger partial charge on any atom is -0.480 e. The van der Waals surface area contributed by atoms with E-state index in [0.717, 1.165) is 5.56 Å². The maximum absolute atomic E-state index is 12.7. The normalized spacial score (nSPS) is 14.8. The first kappa shape index (κ1) is 24.1. The first-order chi connectivity index (χ1) is 13.7. The summed E-state index contributed by atoms with van der Waals surface area (Å²) in [7, 11) is 0. The van der Waals surface area contributed by atoms with Gasteiger partial charge in [0, 0.05) is 6.42 Å². The number of hydrogen-bond donors (Lipinski definition) is 5. The predicted molar refractivity (Wildman–Crippen MR) is 108 cm³/mol. The Morgan fingerprint density at radius 2 is 1.62 bits per heavy atom. The predicted octanol–water partition coefficient (Wildman–Crippen LogP) is -0.207. The fourth-order valence-electron chi connectivity index (χ4n) is 2.65. The second-order valence-corrected chi connectivity index (χ2v) is 6.95. The minimum absolute atomic E-state index is 0.220. The second-order valence-electron chi connectivity index (χ2n) is 6.95. The Kier molecular flexibility index (Phi) is 9.81. The maximum Gasteiger partial charge on any atom is 0.326 e. The molecule has 0 aliphatic rings. The van der Waals surface area contributed by atoms with Crippen molar-refractivity contribution in [3.05, 3.63) is 35.9 Å². The topological polar surface area (TPSA) is 151 Å². The van der Waals surface area contributed by atoms with Crippen LogP contribution in [-0.2, 0) is 25.6 Å². The van der Waals surface area contributed by atoms with Crippen LogP contribution in [0.1, 0.15) is 32.8 Å². The lowest BCUT2D eigenvalue weighted by molar-refractivity contribution is -0.143. The summed E-state index contributed by atoms with van der Waals surface area (Å²) >= 11 is 0. The van der Waals surface area contributed by atoms with Crippen LogP contribution in [0.3, 0.4) is 0 Å². The third-order valence-electron chi connectivity index (χ3n) is 4.65. The van der Waals surface area contributed by atoms with E-state index >= 15 is 0 Å². The minimum atomic E-state index is -1.14. The van der Waals surface area contributed by atoms with E-state index < -0.39 is 41.8 Å². The van der Waals surface area contributed by atoms with Crippen LogP contribution >= 0.6 is 0 Å². The summed E-state index contributed by atoms with van der Waals surface area (Å²) in [6, 6.07) is 6.12. The van der Waals surface area contributed by atoms with Crippen molar-refractivity contribution in [1.82, 2.24) is 16.0 Å². The number of nitrogens with two attached hydrogens (primary N) is 1. The van der Waals surface area contributed by atoms with Crippen molar-refractivity contribution < 1.29 is 24.3 Å². The van der Waals surface area contributed by atoms with Gasteiger partial charge in [-0.25, -0.2) is 4.79 Å². The van der Waals surface area contributed by atoms with Gasteiger partial charge in [0.15, 0.2) is 0 Å². The van der Waals surface area contributed by atoms with Gasteiger partial charge in [0.2, 0.25) is 17.7 Å². The second kappa shape index (κ2) is 11.8. The molecule has 160 valence electrons. The van der Waals surface area contributed by atoms with E-state index in [1.54, 1.807) is 6.92 Å². The van der Waals surface area contributed by atoms with Gasteiger partial charge in [-0.1, -0.05) is 50.6 Å². The summed E-state index contributed by atoms with van der Waals surface area (Å²) in [5.74, 6) is -3.08. The van der Waals surface area contributed by atoms with Crippen LogP contribution in [-0.4, -0.2) is 53.5 Å². The molecule has 0 saturated heterocycles. The van der Waals surface area contributed by atoms with E-state index in [0.29, 0.717) is 6.42 Å². The standard InChI is InChI=1S/C20H30N4O5/c1-4-12(2)17(20(28)29)24-18(26)13(3)22-19(27)15(23-16(25)11-21)10-14-8-6-5-7-9-14/h5-9,12-13,15,17H,4,10-11,21H2,1-3H3,(H,22,27)(H,23,25)(H,24,26)(H,28,29). The van der Waals surface area contributed by atoms with Crippen molar-refractivity contribution in [3.8, 4) is 0 Å². The first-order valence-corrected chi connectivity index (χ1v) is 9.56. The number of nitrogens with one attached hydrogen (secondary N) is 3. The molecule has 0 aliphatic heterocycles. The van der Waals surface area contributed by atoms with Crippen molar-refractivity contribution in [2.45, 2.75) is 51.7 Å². The van der Waals surface area contributed by atoms with Gasteiger partial charge in [0.05, 0.1) is 6.54 Å². The Morgan fingerprint density at radius 1 is 1.00 bits per heavy atom. The molecule has 0 spiro atoms. The van der Waals surface area contributed by atoms with Crippen molar-refractivity contribution in [2.75, 3.05) is 6.54 Å². The number of carboxylic acid groups (broad SMARTS) is 1. The highest BCUT2D eigenvalue weighted by atomic mass is 16.4. The van der Waals surface area contributed by atoms with E-state index in [1.165, 1.54) is 6.92 Å². The van der Waals surface area contributed by atoms with Crippen LogP contribution in [0, 0.1) is 5.92 Å². The molecule has 4 atom stereocenters. The summed E-state index contributed by atoms with van der Waals surface area (Å²) < 4.78 is 0. The molecule has 0 fully saturated rings. The molecule has 0 heterocycles. The summed E-state index contributed by atoms with van der Waals surface area (Å²) in [6.45, 7) is 4.73. The third kappa shape index (κ3) is 7.90. The largest absolute Gasteiger partial charge is 0.480 e. The zero-order valence-electron chi connectivity index (χ0n) is 17.0. The zero-order valence-corrected chi connectivity index (χ0v) is 17.0. The van der Waals surface area contributed by atoms with Crippen LogP contribution in [0.5, 0.6) is 0 Å². The fraction of sp³-hybridized carbons (Fsp3) is 0.500. The number of carboxylic acids is 1. The Balaban J connectivity index is 2.81. The van der Waals surface area contributed by atoms with Gasteiger partial charge in [-0.15, -0.1) is 0 Å². The number of aliphatic carboxylic acids is 1. The summed E-state index contributed by atoms with van der Waals surface area (Å²) in [4.78, 5) is 48.1. The van der Waals surface area contributed by atoms with Crippen molar-refractivity contribution >= 4 is 23.7 Å². The molecule has 9 heteroatoms. The van der Waals surface area contributed by atoms with Gasteiger partial charge in [0.1, 0.15) is 18.1 Å². The van der Waals surface area contributed by atoms with Gasteiger partial charge in [-0.2, -0.15) is 0 Å². The Morgan fingerprint density at radius 3 is 2.14 bits per heavy atom. The Hall–Kier alpha value is -2.94. The van der Waals surface area contributed by atoms with E-state index in [1.807, 2.05) is 37.3 Å². The number of carbonyl (C=O) groups is 4. The maximum atomic E-state index is 12.7. The quantitative estimate of drug-likeness (QED) is 0.343. The van der Waals surface area contributed by atoms with Crippen LogP contribution < -0.4 is 21.7 Å². The molecule has 0 radical (unpaired) electrons. The Labute approximate surface area is 170 Å². The summed E-state index contributed by atoms with van der Waals surface area (Å²) in [6.07, 6.45) is 0.791. The first-order valence-electron chi connectivity index (χ1n) is 9.56. The molecule has 0 bridgehead atoms. The number of amides is 3. The average molecular weight is 406 g/mol.